The molecule has 70 heavy (non-hydrogen) atoms. The molecule has 1 aliphatic rings. The second-order valence-electron chi connectivity index (χ2n) is 17.1. The highest BCUT2D eigenvalue weighted by molar-refractivity contribution is 5.90. The summed E-state index contributed by atoms with van der Waals surface area (Å²) in [5, 5.41) is 2.38. The summed E-state index contributed by atoms with van der Waals surface area (Å²) >= 11 is 0. The lowest BCUT2D eigenvalue weighted by Gasteiger charge is -2.27. The Morgan fingerprint density at radius 3 is 1.33 bits per heavy atom. The third-order valence-corrected chi connectivity index (χ3v) is 12.3. The normalized spacial score (nSPS) is 12.6. The van der Waals surface area contributed by atoms with Gasteiger partial charge in [0.05, 0.1) is 0 Å². The van der Waals surface area contributed by atoms with Gasteiger partial charge in [-0.1, -0.05) is 117 Å². The summed E-state index contributed by atoms with van der Waals surface area (Å²) in [4.78, 5) is 28.0. The number of esters is 2. The molecule has 340 valence electrons. The van der Waals surface area contributed by atoms with Crippen molar-refractivity contribution in [3.05, 3.63) is 249 Å². The topological polar surface area (TPSA) is 68.3 Å². The number of allylic oxidation sites excluding steroid dienone is 1. The van der Waals surface area contributed by atoms with Crippen LogP contribution in [0.25, 0.3) is 39.1 Å². The molecule has 7 nitrogen and oxygen atoms in total. The number of ether oxygens (including phenoxy) is 3. The molecule has 1 atom stereocenters. The molecule has 9 aromatic rings. The predicted molar refractivity (Wildman–Crippen MR) is 284 cm³/mol. The monoisotopic (exact) mass is 912 g/mol. The van der Waals surface area contributed by atoms with Crippen molar-refractivity contribution in [2.24, 2.45) is 5.92 Å². The van der Waals surface area contributed by atoms with Crippen LogP contribution in [-0.2, 0) is 16.0 Å². The molecule has 0 fully saturated rings. The number of hydrogen-bond acceptors (Lipinski definition) is 7. The third kappa shape index (κ3) is 9.91. The quantitative estimate of drug-likeness (QED) is 0.0611. The van der Waals surface area contributed by atoms with Crippen LogP contribution < -0.4 is 24.0 Å². The van der Waals surface area contributed by atoms with Gasteiger partial charge < -0.3 is 24.0 Å². The molecule has 0 bridgehead atoms. The van der Waals surface area contributed by atoms with E-state index in [0.29, 0.717) is 23.2 Å². The summed E-state index contributed by atoms with van der Waals surface area (Å²) in [7, 11) is 0. The number of rotatable bonds is 14. The predicted octanol–water partition coefficient (Wildman–Crippen LogP) is 16.3. The highest BCUT2D eigenvalue weighted by Crippen LogP contribution is 2.41. The Morgan fingerprint density at radius 1 is 0.457 bits per heavy atom. The fourth-order valence-corrected chi connectivity index (χ4v) is 8.77. The SMILES string of the molecule is C=CC(=O)Oc1ccc(-c2ccc(N(c3ccc(Oc4ccc(N(c5ccc6c(c5)C=CC(C)C6)c5ccc6ccccc6c5)cc4)cc3)c3ccc(-c4ccc(OC(=O)C=C)cc4)cc3)cc2)cc1. The van der Waals surface area contributed by atoms with Crippen LogP contribution in [0.1, 0.15) is 18.1 Å². The van der Waals surface area contributed by atoms with Gasteiger partial charge in [-0.15, -0.1) is 0 Å². The van der Waals surface area contributed by atoms with Crippen LogP contribution in [-0.4, -0.2) is 11.9 Å². The van der Waals surface area contributed by atoms with E-state index in [0.717, 1.165) is 80.7 Å². The van der Waals surface area contributed by atoms with Crippen molar-refractivity contribution in [1.29, 1.82) is 0 Å². The van der Waals surface area contributed by atoms with E-state index in [-0.39, 0.29) is 0 Å². The standard InChI is InChI=1S/C63H48N2O5/c1-4-62(66)69-60-32-18-47(19-33-60)45-12-22-52(23-13-45)64(53-24-14-46(15-25-53)48-20-34-61(35-21-48)70-63(67)5-2)54-28-36-58(37-29-54)68-59-38-30-55(31-39-59)65(56-26-16-44-8-6-7-9-49(44)41-56)57-27-17-50-40-43(3)10-11-51(50)42-57/h4-39,41-43H,1-2,40H2,3H3. The lowest BCUT2D eigenvalue weighted by molar-refractivity contribution is -0.129. The first kappa shape index (κ1) is 44.6. The van der Waals surface area contributed by atoms with Gasteiger partial charge in [-0.05, 0) is 178 Å². The molecule has 0 radical (unpaired) electrons. The first-order chi connectivity index (χ1) is 34.3. The van der Waals surface area contributed by atoms with E-state index >= 15 is 0 Å². The number of benzene rings is 9. The fourth-order valence-electron chi connectivity index (χ4n) is 8.77. The molecule has 0 aromatic heterocycles. The van der Waals surface area contributed by atoms with E-state index in [1.54, 1.807) is 24.3 Å². The number of hydrogen-bond donors (Lipinski definition) is 0. The van der Waals surface area contributed by atoms with E-state index in [1.165, 1.54) is 21.9 Å². The maximum Gasteiger partial charge on any atom is 0.335 e. The average Bonchev–Trinajstić information content (AvgIpc) is 3.40. The van der Waals surface area contributed by atoms with Gasteiger partial charge in [-0.2, -0.15) is 0 Å². The van der Waals surface area contributed by atoms with Crippen LogP contribution in [0.3, 0.4) is 0 Å². The molecule has 1 aliphatic carbocycles. The summed E-state index contributed by atoms with van der Waals surface area (Å²) in [6.45, 7) is 9.21. The molecular weight excluding hydrogens is 865 g/mol. The van der Waals surface area contributed by atoms with Crippen LogP contribution >= 0.6 is 0 Å². The number of fused-ring (bicyclic) bond motifs is 2. The molecule has 7 heteroatoms. The van der Waals surface area contributed by atoms with Gasteiger partial charge in [0.2, 0.25) is 0 Å². The number of carbonyl (C=O) groups is 2. The van der Waals surface area contributed by atoms with E-state index in [1.807, 2.05) is 48.5 Å². The van der Waals surface area contributed by atoms with Gasteiger partial charge >= 0.3 is 11.9 Å². The third-order valence-electron chi connectivity index (χ3n) is 12.3. The molecule has 0 heterocycles. The van der Waals surface area contributed by atoms with Gasteiger partial charge in [0.25, 0.3) is 0 Å². The molecule has 0 saturated heterocycles. The lowest BCUT2D eigenvalue weighted by atomic mass is 9.90. The van der Waals surface area contributed by atoms with Gasteiger partial charge in [-0.3, -0.25) is 0 Å². The summed E-state index contributed by atoms with van der Waals surface area (Å²) < 4.78 is 17.1. The molecule has 0 aliphatic heterocycles. The average molecular weight is 913 g/mol. The smallest absolute Gasteiger partial charge is 0.335 e. The Bertz CT molecular complexity index is 3270. The Hall–Kier alpha value is -9.20. The van der Waals surface area contributed by atoms with Crippen LogP contribution in [0.4, 0.5) is 34.1 Å². The van der Waals surface area contributed by atoms with E-state index in [9.17, 15) is 9.59 Å². The molecule has 1 unspecified atom stereocenters. The van der Waals surface area contributed by atoms with Gasteiger partial charge in [0, 0.05) is 46.3 Å². The molecule has 10 rings (SSSR count). The van der Waals surface area contributed by atoms with Crippen molar-refractivity contribution in [3.8, 4) is 45.3 Å². The van der Waals surface area contributed by atoms with Crippen molar-refractivity contribution in [2.45, 2.75) is 13.3 Å². The first-order valence-corrected chi connectivity index (χ1v) is 23.1. The van der Waals surface area contributed by atoms with Gasteiger partial charge in [0.1, 0.15) is 23.0 Å². The minimum absolute atomic E-state index is 0.452. The zero-order chi connectivity index (χ0) is 48.0. The highest BCUT2D eigenvalue weighted by Gasteiger charge is 2.18. The summed E-state index contributed by atoms with van der Waals surface area (Å²) in [5.74, 6) is 1.85. The Kier molecular flexibility index (Phi) is 12.7. The molecule has 0 saturated carbocycles. The van der Waals surface area contributed by atoms with Crippen LogP contribution in [0.2, 0.25) is 0 Å². The highest BCUT2D eigenvalue weighted by atomic mass is 16.5. The van der Waals surface area contributed by atoms with Crippen LogP contribution in [0.5, 0.6) is 23.0 Å². The van der Waals surface area contributed by atoms with Gasteiger partial charge in [0.15, 0.2) is 0 Å². The van der Waals surface area contributed by atoms with Crippen molar-refractivity contribution in [2.75, 3.05) is 9.80 Å². The Morgan fingerprint density at radius 2 is 0.843 bits per heavy atom. The zero-order valence-electron chi connectivity index (χ0n) is 38.6. The van der Waals surface area contributed by atoms with Crippen molar-refractivity contribution in [3.63, 3.8) is 0 Å². The van der Waals surface area contributed by atoms with E-state index < -0.39 is 11.9 Å². The van der Waals surface area contributed by atoms with E-state index in [2.05, 4.69) is 175 Å². The second-order valence-corrected chi connectivity index (χ2v) is 17.1. The Labute approximate surface area is 408 Å². The molecule has 0 amide bonds. The zero-order valence-corrected chi connectivity index (χ0v) is 38.6. The molecule has 9 aromatic carbocycles. The minimum Gasteiger partial charge on any atom is -0.457 e. The molecule has 0 N–H and O–H groups in total. The first-order valence-electron chi connectivity index (χ1n) is 23.1. The van der Waals surface area contributed by atoms with Crippen LogP contribution in [0.15, 0.2) is 238 Å². The van der Waals surface area contributed by atoms with Crippen molar-refractivity contribution in [1.82, 2.24) is 0 Å². The summed E-state index contributed by atoms with van der Waals surface area (Å²) in [6, 6.07) is 69.7. The summed E-state index contributed by atoms with van der Waals surface area (Å²) in [6.07, 6.45) is 7.88. The van der Waals surface area contributed by atoms with Crippen molar-refractivity contribution < 1.29 is 23.8 Å². The second kappa shape index (κ2) is 20.0. The molecule has 0 spiro atoms. The van der Waals surface area contributed by atoms with Gasteiger partial charge in [-0.25, -0.2) is 9.59 Å². The number of carbonyl (C=O) groups excluding carboxylic acids is 2. The lowest BCUT2D eigenvalue weighted by Crippen LogP contribution is -2.11. The maximum absolute atomic E-state index is 11.7. The Balaban J connectivity index is 0.920. The van der Waals surface area contributed by atoms with E-state index in [4.69, 9.17) is 14.2 Å². The maximum atomic E-state index is 11.7. The summed E-state index contributed by atoms with van der Waals surface area (Å²) in [5.41, 5.74) is 12.6. The number of nitrogens with zero attached hydrogens (tertiary/aromatic N) is 2. The minimum atomic E-state index is -0.502. The molecular formula is C63H48N2O5. The van der Waals surface area contributed by atoms with Crippen LogP contribution in [0, 0.1) is 5.92 Å². The number of anilines is 6. The fraction of sp³-hybridized carbons (Fsp3) is 0.0476. The largest absolute Gasteiger partial charge is 0.457 e. The van der Waals surface area contributed by atoms with Crippen molar-refractivity contribution >= 4 is 62.9 Å².